The predicted molar refractivity (Wildman–Crippen MR) is 211 cm³/mol. The van der Waals surface area contributed by atoms with Gasteiger partial charge in [-0.15, -0.1) is 0 Å². The Labute approximate surface area is 323 Å². The van der Waals surface area contributed by atoms with Gasteiger partial charge in [-0.3, -0.25) is 4.79 Å². The maximum atomic E-state index is 12.4. The summed E-state index contributed by atoms with van der Waals surface area (Å²) in [5, 5.41) is 3.08. The molecule has 294 valence electrons. The monoisotopic (exact) mass is 763 g/mol. The Hall–Kier alpha value is -3.59. The van der Waals surface area contributed by atoms with Crippen molar-refractivity contribution in [2.75, 3.05) is 47.2 Å². The second-order valence-corrected chi connectivity index (χ2v) is 15.5. The molecule has 54 heavy (non-hydrogen) atoms. The van der Waals surface area contributed by atoms with E-state index in [2.05, 4.69) is 68.5 Å². The fourth-order valence-corrected chi connectivity index (χ4v) is 8.55. The molecule has 1 aliphatic heterocycles. The SMILES string of the molecule is [C-]#[N+]CCOP(OCC1OC(OCCOC(c2ccccc2)(c2ccc(OC)cc2)c2ccc(OC)cc2)C(NC(C)=O)C(C)C1C)N(C(C)C)C(C)C. The van der Waals surface area contributed by atoms with Gasteiger partial charge in [-0.1, -0.05) is 68.4 Å². The van der Waals surface area contributed by atoms with Crippen LogP contribution in [-0.4, -0.2) is 88.3 Å². The van der Waals surface area contributed by atoms with Gasteiger partial charge < -0.3 is 42.9 Å². The molecule has 4 rings (SSSR count). The fourth-order valence-electron chi connectivity index (χ4n) is 6.94. The van der Waals surface area contributed by atoms with Crippen LogP contribution in [0.3, 0.4) is 0 Å². The normalized spacial score (nSPS) is 20.8. The number of nitrogens with one attached hydrogen (secondary N) is 1. The van der Waals surface area contributed by atoms with Crippen molar-refractivity contribution in [3.63, 3.8) is 0 Å². The maximum absolute atomic E-state index is 12.4. The lowest BCUT2D eigenvalue weighted by Gasteiger charge is -2.45. The third-order valence-electron chi connectivity index (χ3n) is 9.81. The summed E-state index contributed by atoms with van der Waals surface area (Å²) in [7, 11) is 1.84. The first-order chi connectivity index (χ1) is 26.0. The highest BCUT2D eigenvalue weighted by molar-refractivity contribution is 7.44. The van der Waals surface area contributed by atoms with Crippen LogP contribution in [0.4, 0.5) is 0 Å². The van der Waals surface area contributed by atoms with Gasteiger partial charge >= 0.3 is 0 Å². The van der Waals surface area contributed by atoms with Crippen LogP contribution in [0.5, 0.6) is 11.5 Å². The summed E-state index contributed by atoms with van der Waals surface area (Å²) in [6, 6.07) is 25.8. The van der Waals surface area contributed by atoms with E-state index < -0.39 is 26.5 Å². The van der Waals surface area contributed by atoms with E-state index in [1.54, 1.807) is 14.2 Å². The fraction of sp³-hybridized carbons (Fsp3) is 0.524. The van der Waals surface area contributed by atoms with E-state index in [0.29, 0.717) is 0 Å². The Morgan fingerprint density at radius 2 is 1.39 bits per heavy atom. The summed E-state index contributed by atoms with van der Waals surface area (Å²) in [5.74, 6) is 1.35. The highest BCUT2D eigenvalue weighted by Gasteiger charge is 2.44. The quantitative estimate of drug-likeness (QED) is 0.0534. The molecule has 1 aliphatic rings. The van der Waals surface area contributed by atoms with Crippen molar-refractivity contribution in [3.8, 4) is 11.5 Å². The average molecular weight is 764 g/mol. The maximum Gasteiger partial charge on any atom is 0.259 e. The first-order valence-corrected chi connectivity index (χ1v) is 19.8. The molecular formula is C42H58N3O8P. The van der Waals surface area contributed by atoms with E-state index in [4.69, 9.17) is 39.3 Å². The van der Waals surface area contributed by atoms with E-state index in [0.717, 1.165) is 28.2 Å². The molecule has 1 amide bonds. The standard InChI is InChI=1S/C42H58N3O8P/c1-29(2)45(30(3)4)54(51-25-24-43-8)52-28-39-31(5)32(6)40(44-33(7)46)41(53-39)49-26-27-50-42(34-14-12-11-13-15-34,35-16-20-37(47-9)21-17-35)36-18-22-38(48-10)23-19-36/h11-23,29-32,39-41H,24-28H2,1-7,9-10H3,(H,44,46). The van der Waals surface area contributed by atoms with Crippen LogP contribution in [0, 0.1) is 18.4 Å². The number of benzene rings is 3. The van der Waals surface area contributed by atoms with Crippen molar-refractivity contribution in [3.05, 3.63) is 107 Å². The number of nitrogens with zero attached hydrogens (tertiary/aromatic N) is 2. The molecular weight excluding hydrogens is 705 g/mol. The smallest absolute Gasteiger partial charge is 0.259 e. The summed E-state index contributed by atoms with van der Waals surface area (Å²) < 4.78 is 46.0. The van der Waals surface area contributed by atoms with E-state index in [1.165, 1.54) is 6.92 Å². The van der Waals surface area contributed by atoms with Crippen molar-refractivity contribution in [2.45, 2.75) is 84.6 Å². The zero-order chi connectivity index (χ0) is 39.3. The molecule has 0 saturated carbocycles. The first-order valence-electron chi connectivity index (χ1n) is 18.7. The summed E-state index contributed by atoms with van der Waals surface area (Å²) in [6.45, 7) is 22.5. The first kappa shape index (κ1) is 43.1. The second-order valence-electron chi connectivity index (χ2n) is 14.0. The molecule has 1 saturated heterocycles. The number of rotatable bonds is 20. The molecule has 0 aromatic heterocycles. The summed E-state index contributed by atoms with van der Waals surface area (Å²) in [4.78, 5) is 15.9. The third kappa shape index (κ3) is 10.8. The molecule has 0 radical (unpaired) electrons. The van der Waals surface area contributed by atoms with Crippen LogP contribution in [0.25, 0.3) is 4.85 Å². The summed E-state index contributed by atoms with van der Waals surface area (Å²) >= 11 is 0. The van der Waals surface area contributed by atoms with Crippen molar-refractivity contribution in [1.29, 1.82) is 0 Å². The van der Waals surface area contributed by atoms with Crippen LogP contribution in [0.1, 0.15) is 65.2 Å². The molecule has 0 bridgehead atoms. The lowest BCUT2D eigenvalue weighted by molar-refractivity contribution is -0.245. The number of carbonyl (C=O) groups excluding carboxylic acids is 1. The highest BCUT2D eigenvalue weighted by atomic mass is 31.2. The Kier molecular flexibility index (Phi) is 16.7. The molecule has 1 N–H and O–H groups in total. The topological polar surface area (TPSA) is 101 Å². The van der Waals surface area contributed by atoms with E-state index in [1.807, 2.05) is 66.7 Å². The van der Waals surface area contributed by atoms with Crippen molar-refractivity contribution >= 4 is 14.4 Å². The Morgan fingerprint density at radius 1 is 0.833 bits per heavy atom. The van der Waals surface area contributed by atoms with Gasteiger partial charge in [0, 0.05) is 19.0 Å². The largest absolute Gasteiger partial charge is 0.497 e. The zero-order valence-electron chi connectivity index (χ0n) is 33.2. The van der Waals surface area contributed by atoms with Crippen LogP contribution in [0.2, 0.25) is 0 Å². The van der Waals surface area contributed by atoms with Crippen molar-refractivity contribution < 1.29 is 37.5 Å². The van der Waals surface area contributed by atoms with Gasteiger partial charge in [-0.25, -0.2) is 11.2 Å². The minimum Gasteiger partial charge on any atom is -0.497 e. The van der Waals surface area contributed by atoms with E-state index >= 15 is 0 Å². The molecule has 12 heteroatoms. The second kappa shape index (κ2) is 20.9. The van der Waals surface area contributed by atoms with Crippen molar-refractivity contribution in [2.24, 2.45) is 11.8 Å². The number of methoxy groups -OCH3 is 2. The molecule has 1 heterocycles. The Balaban J connectivity index is 1.59. The third-order valence-corrected chi connectivity index (χ3v) is 11.9. The molecule has 1 fully saturated rings. The van der Waals surface area contributed by atoms with Gasteiger partial charge in [0.1, 0.15) is 23.7 Å². The van der Waals surface area contributed by atoms with Crippen molar-refractivity contribution in [1.82, 2.24) is 9.99 Å². The average Bonchev–Trinajstić information content (AvgIpc) is 3.17. The lowest BCUT2D eigenvalue weighted by Crippen LogP contribution is -2.58. The van der Waals surface area contributed by atoms with Crippen LogP contribution in [0.15, 0.2) is 78.9 Å². The van der Waals surface area contributed by atoms with Gasteiger partial charge in [0.15, 0.2) is 6.29 Å². The summed E-state index contributed by atoms with van der Waals surface area (Å²) in [5.41, 5.74) is 1.76. The minimum atomic E-state index is -1.45. The van der Waals surface area contributed by atoms with E-state index in [-0.39, 0.29) is 68.9 Å². The number of hydrogen-bond donors (Lipinski definition) is 1. The molecule has 3 aromatic carbocycles. The predicted octanol–water partition coefficient (Wildman–Crippen LogP) is 7.83. The Bertz CT molecular complexity index is 1550. The zero-order valence-corrected chi connectivity index (χ0v) is 34.1. The molecule has 3 aromatic rings. The molecule has 6 unspecified atom stereocenters. The van der Waals surface area contributed by atoms with Gasteiger partial charge in [0.25, 0.3) is 8.53 Å². The molecule has 6 atom stereocenters. The molecule has 0 aliphatic carbocycles. The van der Waals surface area contributed by atoms with Crippen LogP contribution < -0.4 is 14.8 Å². The number of amides is 1. The minimum absolute atomic E-state index is 0.00439. The highest BCUT2D eigenvalue weighted by Crippen LogP contribution is 2.47. The summed E-state index contributed by atoms with van der Waals surface area (Å²) in [6.07, 6.45) is -1.10. The van der Waals surface area contributed by atoms with Crippen LogP contribution >= 0.6 is 8.53 Å². The Morgan fingerprint density at radius 3 is 1.89 bits per heavy atom. The molecule has 0 spiro atoms. The van der Waals surface area contributed by atoms with E-state index in [9.17, 15) is 4.79 Å². The van der Waals surface area contributed by atoms with Gasteiger partial charge in [0.05, 0.1) is 46.2 Å². The lowest BCUT2D eigenvalue weighted by atomic mass is 9.80. The number of ether oxygens (including phenoxy) is 5. The number of hydrogen-bond acceptors (Lipinski definition) is 9. The van der Waals surface area contributed by atoms with Gasteiger partial charge in [-0.2, -0.15) is 0 Å². The molecule has 11 nitrogen and oxygen atoms in total. The number of carbonyl (C=O) groups is 1. The van der Waals surface area contributed by atoms with Gasteiger partial charge in [-0.05, 0) is 80.5 Å². The van der Waals surface area contributed by atoms with Crippen LogP contribution in [-0.2, 0) is 33.7 Å². The van der Waals surface area contributed by atoms with Gasteiger partial charge in [0.2, 0.25) is 12.5 Å².